The van der Waals surface area contributed by atoms with E-state index < -0.39 is 11.2 Å². The van der Waals surface area contributed by atoms with Gasteiger partial charge in [-0.3, -0.25) is 9.80 Å². The molecule has 2 amide bonds. The summed E-state index contributed by atoms with van der Waals surface area (Å²) in [6.07, 6.45) is 7.23. The molecule has 4 aliphatic rings. The Morgan fingerprint density at radius 2 is 1.34 bits per heavy atom. The molecule has 8 heteroatoms. The fourth-order valence-electron chi connectivity index (χ4n) is 4.69. The molecule has 0 bridgehead atoms. The summed E-state index contributed by atoms with van der Waals surface area (Å²) in [5.74, 6) is 0. The maximum absolute atomic E-state index is 11.9. The summed E-state index contributed by atoms with van der Waals surface area (Å²) in [5, 5.41) is 0. The second kappa shape index (κ2) is 8.34. The van der Waals surface area contributed by atoms with Crippen LogP contribution in [0.3, 0.4) is 0 Å². The van der Waals surface area contributed by atoms with Gasteiger partial charge < -0.3 is 19.1 Å². The van der Waals surface area contributed by atoms with E-state index in [0.717, 1.165) is 51.1 Å². The predicted octanol–water partition coefficient (Wildman–Crippen LogP) is 3.95. The summed E-state index contributed by atoms with van der Waals surface area (Å²) in [6.45, 7) is 12.4. The first-order valence-corrected chi connectivity index (χ1v) is 11.6. The molecule has 2 aliphatic carbocycles. The molecular formula is C24H38N2O6. The maximum Gasteiger partial charge on any atom is 0.410 e. The van der Waals surface area contributed by atoms with E-state index in [1.165, 1.54) is 0 Å². The Morgan fingerprint density at radius 3 is 1.75 bits per heavy atom. The van der Waals surface area contributed by atoms with Crippen LogP contribution in [-0.2, 0) is 19.1 Å². The molecule has 4 rings (SSSR count). The molecule has 0 aromatic rings. The van der Waals surface area contributed by atoms with E-state index in [9.17, 15) is 19.2 Å². The number of ether oxygens (including phenoxy) is 2. The van der Waals surface area contributed by atoms with Gasteiger partial charge in [-0.2, -0.15) is 0 Å². The van der Waals surface area contributed by atoms with Gasteiger partial charge in [-0.15, -0.1) is 0 Å². The molecular weight excluding hydrogens is 412 g/mol. The average molecular weight is 451 g/mol. The van der Waals surface area contributed by atoms with Crippen LogP contribution in [0.1, 0.15) is 80.1 Å². The Kier molecular flexibility index (Phi) is 6.39. The summed E-state index contributed by atoms with van der Waals surface area (Å²) in [6, 6.07) is -0.542. The highest BCUT2D eigenvalue weighted by molar-refractivity contribution is 5.76. The zero-order valence-electron chi connectivity index (χ0n) is 20.3. The van der Waals surface area contributed by atoms with E-state index in [-0.39, 0.29) is 35.1 Å². The molecule has 4 fully saturated rings. The lowest BCUT2D eigenvalue weighted by Crippen LogP contribution is -2.42. The largest absolute Gasteiger partial charge is 0.444 e. The first kappa shape index (κ1) is 24.5. The minimum absolute atomic E-state index is 0.0959. The van der Waals surface area contributed by atoms with Gasteiger partial charge in [-0.1, -0.05) is 0 Å². The number of amides is 2. The number of hydrogen-bond acceptors (Lipinski definition) is 6. The van der Waals surface area contributed by atoms with E-state index in [1.54, 1.807) is 9.80 Å². The fraction of sp³-hybridized carbons (Fsp3) is 0.833. The first-order valence-electron chi connectivity index (χ1n) is 11.6. The number of carbonyl (C=O) groups excluding carboxylic acids is 4. The van der Waals surface area contributed by atoms with Gasteiger partial charge in [-0.25, -0.2) is 9.59 Å². The van der Waals surface area contributed by atoms with Crippen molar-refractivity contribution in [1.29, 1.82) is 0 Å². The molecule has 2 unspecified atom stereocenters. The first-order chi connectivity index (χ1) is 14.7. The number of aldehydes is 2. The lowest BCUT2D eigenvalue weighted by Gasteiger charge is -2.27. The van der Waals surface area contributed by atoms with Crippen LogP contribution in [0, 0.1) is 10.8 Å². The zero-order chi connectivity index (χ0) is 23.9. The quantitative estimate of drug-likeness (QED) is 0.592. The molecule has 2 saturated heterocycles. The van der Waals surface area contributed by atoms with Crippen LogP contribution in [-0.4, -0.2) is 70.9 Å². The SMILES string of the molecule is CC(C)(C)OC(=O)N1CC2(CC2)CC1C=O.CC(C)(C)OC(=O)N1CCC2(CC2)C1C=O. The van der Waals surface area contributed by atoms with Crippen molar-refractivity contribution in [3.8, 4) is 0 Å². The van der Waals surface area contributed by atoms with Crippen molar-refractivity contribution < 1.29 is 28.7 Å². The minimum atomic E-state index is -0.496. The molecule has 2 saturated carbocycles. The molecule has 2 aliphatic heterocycles. The molecule has 8 nitrogen and oxygen atoms in total. The Balaban J connectivity index is 0.000000181. The molecule has 0 radical (unpaired) electrons. The molecule has 0 N–H and O–H groups in total. The maximum atomic E-state index is 11.9. The summed E-state index contributed by atoms with van der Waals surface area (Å²) in [5.41, 5.74) is -0.658. The standard InChI is InChI=1S/2C12H19NO3/c1-11(2,3)16-10(15)13-8-12(4-5-12)6-9(13)7-14;1-11(2,3)16-10(15)13-7-6-12(4-5-12)9(13)8-14/h7,9H,4-6,8H2,1-3H3;8-9H,4-7H2,1-3H3. The monoisotopic (exact) mass is 450 g/mol. The molecule has 0 aromatic heterocycles. The van der Waals surface area contributed by atoms with E-state index >= 15 is 0 Å². The number of rotatable bonds is 2. The number of carbonyl (C=O) groups is 4. The van der Waals surface area contributed by atoms with Crippen molar-refractivity contribution >= 4 is 24.8 Å². The number of hydrogen-bond donors (Lipinski definition) is 0. The van der Waals surface area contributed by atoms with Crippen molar-refractivity contribution in [2.45, 2.75) is 103 Å². The normalized spacial score (nSPS) is 26.9. The average Bonchev–Trinajstić information content (AvgIpc) is 3.50. The van der Waals surface area contributed by atoms with E-state index in [2.05, 4.69) is 0 Å². The van der Waals surface area contributed by atoms with Gasteiger partial charge in [0.15, 0.2) is 0 Å². The van der Waals surface area contributed by atoms with Crippen LogP contribution in [0.4, 0.5) is 9.59 Å². The third-order valence-corrected chi connectivity index (χ3v) is 6.75. The van der Waals surface area contributed by atoms with Crippen molar-refractivity contribution in [2.75, 3.05) is 13.1 Å². The van der Waals surface area contributed by atoms with Gasteiger partial charge in [0.1, 0.15) is 23.8 Å². The Morgan fingerprint density at radius 1 is 0.812 bits per heavy atom. The third-order valence-electron chi connectivity index (χ3n) is 6.75. The van der Waals surface area contributed by atoms with E-state index in [0.29, 0.717) is 13.1 Å². The highest BCUT2D eigenvalue weighted by Crippen LogP contribution is 2.56. The fourth-order valence-corrected chi connectivity index (χ4v) is 4.69. The summed E-state index contributed by atoms with van der Waals surface area (Å²) < 4.78 is 10.6. The lowest BCUT2D eigenvalue weighted by molar-refractivity contribution is -0.113. The second-order valence-electron chi connectivity index (χ2n) is 11.9. The van der Waals surface area contributed by atoms with Gasteiger partial charge in [0.2, 0.25) is 0 Å². The Hall–Kier alpha value is -2.12. The van der Waals surface area contributed by atoms with Crippen molar-refractivity contribution in [1.82, 2.24) is 9.80 Å². The van der Waals surface area contributed by atoms with Crippen molar-refractivity contribution in [2.24, 2.45) is 10.8 Å². The Labute approximate surface area is 191 Å². The molecule has 180 valence electrons. The van der Waals surface area contributed by atoms with E-state index in [4.69, 9.17) is 9.47 Å². The lowest BCUT2D eigenvalue weighted by atomic mass is 9.98. The van der Waals surface area contributed by atoms with Gasteiger partial charge in [0.05, 0.1) is 12.1 Å². The summed E-state index contributed by atoms with van der Waals surface area (Å²) >= 11 is 0. The van der Waals surface area contributed by atoms with Gasteiger partial charge in [-0.05, 0) is 90.9 Å². The van der Waals surface area contributed by atoms with E-state index in [1.807, 2.05) is 41.5 Å². The smallest absolute Gasteiger partial charge is 0.410 e. The highest BCUT2D eigenvalue weighted by Gasteiger charge is 2.57. The minimum Gasteiger partial charge on any atom is -0.444 e. The number of likely N-dealkylation sites (tertiary alicyclic amines) is 2. The second-order valence-corrected chi connectivity index (χ2v) is 11.9. The third kappa shape index (κ3) is 5.62. The Bertz CT molecular complexity index is 731. The molecule has 0 aromatic carbocycles. The van der Waals surface area contributed by atoms with Crippen LogP contribution < -0.4 is 0 Å². The molecule has 32 heavy (non-hydrogen) atoms. The number of nitrogens with zero attached hydrogens (tertiary/aromatic N) is 2. The molecule has 2 heterocycles. The van der Waals surface area contributed by atoms with Crippen LogP contribution in [0.15, 0.2) is 0 Å². The molecule has 2 atom stereocenters. The van der Waals surface area contributed by atoms with Crippen LogP contribution in [0.2, 0.25) is 0 Å². The highest BCUT2D eigenvalue weighted by atomic mass is 16.6. The summed E-state index contributed by atoms with van der Waals surface area (Å²) in [4.78, 5) is 49.0. The van der Waals surface area contributed by atoms with Crippen LogP contribution >= 0.6 is 0 Å². The molecule has 2 spiro atoms. The van der Waals surface area contributed by atoms with Gasteiger partial charge in [0.25, 0.3) is 0 Å². The van der Waals surface area contributed by atoms with Gasteiger partial charge >= 0.3 is 12.2 Å². The summed E-state index contributed by atoms with van der Waals surface area (Å²) in [7, 11) is 0. The van der Waals surface area contributed by atoms with Crippen LogP contribution in [0.25, 0.3) is 0 Å². The topological polar surface area (TPSA) is 93.2 Å². The van der Waals surface area contributed by atoms with Crippen molar-refractivity contribution in [3.05, 3.63) is 0 Å². The predicted molar refractivity (Wildman–Crippen MR) is 118 cm³/mol. The van der Waals surface area contributed by atoms with Gasteiger partial charge in [0, 0.05) is 13.1 Å². The van der Waals surface area contributed by atoms with Crippen molar-refractivity contribution in [3.63, 3.8) is 0 Å². The zero-order valence-corrected chi connectivity index (χ0v) is 20.3. The van der Waals surface area contributed by atoms with Crippen LogP contribution in [0.5, 0.6) is 0 Å².